The van der Waals surface area contributed by atoms with Gasteiger partial charge in [0.15, 0.2) is 0 Å². The molecule has 0 saturated carbocycles. The lowest BCUT2D eigenvalue weighted by atomic mass is 10.0. The van der Waals surface area contributed by atoms with Crippen LogP contribution in [0, 0.1) is 6.92 Å². The molecule has 2 heterocycles. The predicted octanol–water partition coefficient (Wildman–Crippen LogP) is 3.93. The first kappa shape index (κ1) is 19.4. The summed E-state index contributed by atoms with van der Waals surface area (Å²) in [5, 5.41) is 4.20. The molecule has 1 N–H and O–H groups in total. The normalized spacial score (nSPS) is 16.9. The van der Waals surface area contributed by atoms with Crippen LogP contribution in [0.1, 0.15) is 24.5 Å². The molecular formula is C24H27N3O2. The molecule has 1 fully saturated rings. The molecule has 150 valence electrons. The van der Waals surface area contributed by atoms with Gasteiger partial charge in [-0.05, 0) is 60.9 Å². The Bertz CT molecular complexity index is 1030. The lowest BCUT2D eigenvalue weighted by molar-refractivity contribution is -0.119. The highest BCUT2D eigenvalue weighted by Gasteiger charge is 2.24. The summed E-state index contributed by atoms with van der Waals surface area (Å²) in [6, 6.07) is 17.0. The number of pyridine rings is 1. The van der Waals surface area contributed by atoms with E-state index in [4.69, 9.17) is 9.72 Å². The first-order chi connectivity index (χ1) is 14.0. The second-order valence-corrected chi connectivity index (χ2v) is 7.84. The number of carbonyl (C=O) groups is 1. The molecule has 0 radical (unpaired) electrons. The van der Waals surface area contributed by atoms with Crippen molar-refractivity contribution in [2.24, 2.45) is 0 Å². The number of aromatic nitrogens is 1. The van der Waals surface area contributed by atoms with Crippen molar-refractivity contribution in [2.75, 3.05) is 20.2 Å². The van der Waals surface area contributed by atoms with E-state index in [1.54, 1.807) is 14.0 Å². The van der Waals surface area contributed by atoms with Crippen LogP contribution in [-0.2, 0) is 11.3 Å². The maximum atomic E-state index is 11.4. The number of rotatable bonds is 5. The molecule has 29 heavy (non-hydrogen) atoms. The van der Waals surface area contributed by atoms with Crippen molar-refractivity contribution in [2.45, 2.75) is 32.9 Å². The van der Waals surface area contributed by atoms with Crippen LogP contribution in [0.15, 0.2) is 48.5 Å². The Morgan fingerprint density at radius 2 is 2.00 bits per heavy atom. The zero-order valence-corrected chi connectivity index (χ0v) is 17.2. The van der Waals surface area contributed by atoms with Gasteiger partial charge in [-0.3, -0.25) is 9.69 Å². The largest absolute Gasteiger partial charge is 0.497 e. The second kappa shape index (κ2) is 8.21. The topological polar surface area (TPSA) is 54.5 Å². The third-order valence-corrected chi connectivity index (χ3v) is 5.49. The minimum absolute atomic E-state index is 0.0403. The van der Waals surface area contributed by atoms with Gasteiger partial charge in [-0.2, -0.15) is 0 Å². The summed E-state index contributed by atoms with van der Waals surface area (Å²) < 4.78 is 5.31. The van der Waals surface area contributed by atoms with Crippen molar-refractivity contribution >= 4 is 16.8 Å². The molecule has 2 aromatic carbocycles. The molecular weight excluding hydrogens is 362 g/mol. The van der Waals surface area contributed by atoms with E-state index in [0.717, 1.165) is 54.0 Å². The van der Waals surface area contributed by atoms with Crippen LogP contribution >= 0.6 is 0 Å². The van der Waals surface area contributed by atoms with Crippen molar-refractivity contribution in [1.82, 2.24) is 15.2 Å². The number of amides is 1. The summed E-state index contributed by atoms with van der Waals surface area (Å²) in [6.07, 6.45) is 0.984. The number of fused-ring (bicyclic) bond motifs is 1. The fraction of sp³-hybridized carbons (Fsp3) is 0.333. The van der Waals surface area contributed by atoms with Gasteiger partial charge in [0.2, 0.25) is 5.91 Å². The number of hydrogen-bond acceptors (Lipinski definition) is 4. The molecule has 1 amide bonds. The number of hydrogen-bond donors (Lipinski definition) is 1. The Morgan fingerprint density at radius 1 is 1.21 bits per heavy atom. The standard InChI is InChI=1S/C24H27N3O2/c1-16-4-5-19-13-20(14-27-11-10-21(15-27)25-17(2)28)24(26-23(19)12-16)18-6-8-22(29-3)9-7-18/h4-9,12-13,21H,10-11,14-15H2,1-3H3,(H,25,28)/t21-/m0/s1. The van der Waals surface area contributed by atoms with E-state index in [-0.39, 0.29) is 11.9 Å². The Balaban J connectivity index is 1.69. The van der Waals surface area contributed by atoms with Crippen LogP contribution in [-0.4, -0.2) is 42.0 Å². The number of nitrogens with one attached hydrogen (secondary N) is 1. The highest BCUT2D eigenvalue weighted by atomic mass is 16.5. The van der Waals surface area contributed by atoms with Gasteiger partial charge in [0.1, 0.15) is 5.75 Å². The molecule has 1 aromatic heterocycles. The van der Waals surface area contributed by atoms with E-state index in [0.29, 0.717) is 0 Å². The van der Waals surface area contributed by atoms with E-state index in [1.807, 2.05) is 12.1 Å². The molecule has 1 atom stereocenters. The van der Waals surface area contributed by atoms with Gasteiger partial charge in [-0.1, -0.05) is 12.1 Å². The van der Waals surface area contributed by atoms with Crippen molar-refractivity contribution in [3.63, 3.8) is 0 Å². The van der Waals surface area contributed by atoms with Crippen LogP contribution < -0.4 is 10.1 Å². The maximum Gasteiger partial charge on any atom is 0.217 e. The molecule has 3 aromatic rings. The third-order valence-electron chi connectivity index (χ3n) is 5.49. The SMILES string of the molecule is COc1ccc(-c2nc3cc(C)ccc3cc2CN2CC[C@H](NC(C)=O)C2)cc1. The summed E-state index contributed by atoms with van der Waals surface area (Å²) in [5.74, 6) is 0.878. The number of aryl methyl sites for hydroxylation is 1. The molecule has 5 heteroatoms. The number of carbonyl (C=O) groups excluding carboxylic acids is 1. The van der Waals surface area contributed by atoms with Crippen LogP contribution in [0.3, 0.4) is 0 Å². The minimum atomic E-state index is 0.0403. The highest BCUT2D eigenvalue weighted by molar-refractivity contribution is 5.84. The van der Waals surface area contributed by atoms with E-state index in [1.165, 1.54) is 11.1 Å². The first-order valence-corrected chi connectivity index (χ1v) is 10.1. The molecule has 0 bridgehead atoms. The van der Waals surface area contributed by atoms with Gasteiger partial charge in [-0.15, -0.1) is 0 Å². The Kier molecular flexibility index (Phi) is 5.49. The quantitative estimate of drug-likeness (QED) is 0.718. The second-order valence-electron chi connectivity index (χ2n) is 7.84. The monoisotopic (exact) mass is 389 g/mol. The first-order valence-electron chi connectivity index (χ1n) is 10.1. The Hall–Kier alpha value is -2.92. The van der Waals surface area contributed by atoms with E-state index < -0.39 is 0 Å². The molecule has 0 unspecified atom stereocenters. The van der Waals surface area contributed by atoms with Crippen molar-refractivity contribution < 1.29 is 9.53 Å². The van der Waals surface area contributed by atoms with Crippen LogP contribution in [0.4, 0.5) is 0 Å². The fourth-order valence-electron chi connectivity index (χ4n) is 4.06. The fourth-order valence-corrected chi connectivity index (χ4v) is 4.06. The van der Waals surface area contributed by atoms with Crippen molar-refractivity contribution in [3.8, 4) is 17.0 Å². The number of nitrogens with zero attached hydrogens (tertiary/aromatic N) is 2. The van der Waals surface area contributed by atoms with Crippen LogP contribution in [0.25, 0.3) is 22.2 Å². The molecule has 4 rings (SSSR count). The smallest absolute Gasteiger partial charge is 0.217 e. The summed E-state index contributed by atoms with van der Waals surface area (Å²) in [4.78, 5) is 18.8. The zero-order chi connectivity index (χ0) is 20.4. The van der Waals surface area contributed by atoms with E-state index in [9.17, 15) is 4.79 Å². The van der Waals surface area contributed by atoms with Gasteiger partial charge in [-0.25, -0.2) is 4.98 Å². The Labute approximate surface area is 171 Å². The minimum Gasteiger partial charge on any atom is -0.497 e. The zero-order valence-electron chi connectivity index (χ0n) is 17.2. The third kappa shape index (κ3) is 4.40. The number of ether oxygens (including phenoxy) is 1. The summed E-state index contributed by atoms with van der Waals surface area (Å²) in [5.41, 5.74) is 5.51. The highest BCUT2D eigenvalue weighted by Crippen LogP contribution is 2.29. The van der Waals surface area contributed by atoms with Gasteiger partial charge in [0.25, 0.3) is 0 Å². The molecule has 0 spiro atoms. The number of methoxy groups -OCH3 is 1. The van der Waals surface area contributed by atoms with Gasteiger partial charge < -0.3 is 10.1 Å². The number of benzene rings is 2. The predicted molar refractivity (Wildman–Crippen MR) is 116 cm³/mol. The summed E-state index contributed by atoms with van der Waals surface area (Å²) in [6.45, 7) is 6.33. The molecule has 5 nitrogen and oxygen atoms in total. The molecule has 0 aliphatic carbocycles. The molecule has 1 saturated heterocycles. The van der Waals surface area contributed by atoms with E-state index in [2.05, 4.69) is 53.5 Å². The number of likely N-dealkylation sites (tertiary alicyclic amines) is 1. The van der Waals surface area contributed by atoms with Gasteiger partial charge in [0, 0.05) is 43.5 Å². The van der Waals surface area contributed by atoms with E-state index >= 15 is 0 Å². The average molecular weight is 389 g/mol. The summed E-state index contributed by atoms with van der Waals surface area (Å²) in [7, 11) is 1.68. The van der Waals surface area contributed by atoms with Crippen molar-refractivity contribution in [1.29, 1.82) is 0 Å². The summed E-state index contributed by atoms with van der Waals surface area (Å²) >= 11 is 0. The van der Waals surface area contributed by atoms with Crippen LogP contribution in [0.2, 0.25) is 0 Å². The van der Waals surface area contributed by atoms with Gasteiger partial charge in [0.05, 0.1) is 18.3 Å². The van der Waals surface area contributed by atoms with Gasteiger partial charge >= 0.3 is 0 Å². The lowest BCUT2D eigenvalue weighted by Gasteiger charge is -2.19. The Morgan fingerprint density at radius 3 is 2.72 bits per heavy atom. The maximum absolute atomic E-state index is 11.4. The molecule has 1 aliphatic rings. The van der Waals surface area contributed by atoms with Crippen LogP contribution in [0.5, 0.6) is 5.75 Å². The lowest BCUT2D eigenvalue weighted by Crippen LogP contribution is -2.35. The van der Waals surface area contributed by atoms with Crippen molar-refractivity contribution in [3.05, 3.63) is 59.7 Å². The molecule has 1 aliphatic heterocycles. The average Bonchev–Trinajstić information content (AvgIpc) is 3.14.